The van der Waals surface area contributed by atoms with Crippen molar-refractivity contribution < 1.29 is 4.74 Å². The molecule has 0 radical (unpaired) electrons. The predicted molar refractivity (Wildman–Crippen MR) is 93.5 cm³/mol. The zero-order valence-electron chi connectivity index (χ0n) is 13.1. The van der Waals surface area contributed by atoms with E-state index in [0.29, 0.717) is 5.92 Å². The van der Waals surface area contributed by atoms with Crippen molar-refractivity contribution in [2.45, 2.75) is 44.5 Å². The molecular weight excluding hydrogens is 324 g/mol. The molecule has 0 N–H and O–H groups in total. The Hall–Kier alpha value is -1.28. The first-order valence-electron chi connectivity index (χ1n) is 7.48. The first-order valence-corrected chi connectivity index (χ1v) is 8.39. The highest BCUT2D eigenvalue weighted by molar-refractivity contribution is 9.09. The van der Waals surface area contributed by atoms with Crippen molar-refractivity contribution in [3.8, 4) is 5.75 Å². The van der Waals surface area contributed by atoms with Crippen molar-refractivity contribution in [3.05, 3.63) is 65.2 Å². The van der Waals surface area contributed by atoms with Crippen LogP contribution >= 0.6 is 15.9 Å². The SMILES string of the molecule is CC(C)Oc1ccc(C(Br)c2ccc(C(C)C)cc2)cc1. The zero-order valence-corrected chi connectivity index (χ0v) is 14.7. The number of rotatable bonds is 5. The number of hydrogen-bond donors (Lipinski definition) is 0. The third-order valence-corrected chi connectivity index (χ3v) is 4.50. The zero-order chi connectivity index (χ0) is 15.4. The highest BCUT2D eigenvalue weighted by atomic mass is 79.9. The topological polar surface area (TPSA) is 9.23 Å². The number of halogens is 1. The molecular formula is C19H23BrO. The standard InChI is InChI=1S/C19H23BrO/c1-13(2)15-5-7-16(8-6-15)19(20)17-9-11-18(12-10-17)21-14(3)4/h5-14,19H,1-4H3. The molecule has 0 amide bonds. The van der Waals surface area contributed by atoms with Gasteiger partial charge in [-0.1, -0.05) is 66.2 Å². The van der Waals surface area contributed by atoms with Crippen LogP contribution in [0.1, 0.15) is 55.1 Å². The van der Waals surface area contributed by atoms with Crippen LogP contribution in [0.25, 0.3) is 0 Å². The molecule has 0 saturated carbocycles. The Balaban J connectivity index is 2.13. The molecule has 1 unspecified atom stereocenters. The van der Waals surface area contributed by atoms with Crippen LogP contribution in [0.2, 0.25) is 0 Å². The molecule has 2 aromatic carbocycles. The molecule has 0 heterocycles. The highest BCUT2D eigenvalue weighted by Crippen LogP contribution is 2.32. The molecule has 2 aromatic rings. The Morgan fingerprint density at radius 1 is 0.714 bits per heavy atom. The fourth-order valence-corrected chi connectivity index (χ4v) is 2.84. The Labute approximate surface area is 136 Å². The van der Waals surface area contributed by atoms with E-state index in [-0.39, 0.29) is 10.9 Å². The maximum absolute atomic E-state index is 5.68. The lowest BCUT2D eigenvalue weighted by molar-refractivity contribution is 0.242. The highest BCUT2D eigenvalue weighted by Gasteiger charge is 2.11. The smallest absolute Gasteiger partial charge is 0.119 e. The van der Waals surface area contributed by atoms with Gasteiger partial charge in [0, 0.05) is 0 Å². The molecule has 1 atom stereocenters. The second kappa shape index (κ2) is 7.13. The van der Waals surface area contributed by atoms with Gasteiger partial charge in [-0.2, -0.15) is 0 Å². The second-order valence-electron chi connectivity index (χ2n) is 5.92. The van der Waals surface area contributed by atoms with E-state index in [4.69, 9.17) is 4.74 Å². The maximum Gasteiger partial charge on any atom is 0.119 e. The van der Waals surface area contributed by atoms with Gasteiger partial charge in [-0.05, 0) is 48.6 Å². The van der Waals surface area contributed by atoms with Crippen LogP contribution in [0.3, 0.4) is 0 Å². The van der Waals surface area contributed by atoms with E-state index in [1.54, 1.807) is 0 Å². The van der Waals surface area contributed by atoms with Gasteiger partial charge >= 0.3 is 0 Å². The van der Waals surface area contributed by atoms with Crippen LogP contribution in [-0.2, 0) is 0 Å². The first-order chi connectivity index (χ1) is 9.97. The summed E-state index contributed by atoms with van der Waals surface area (Å²) in [6.07, 6.45) is 0.208. The van der Waals surface area contributed by atoms with Crippen molar-refractivity contribution in [2.24, 2.45) is 0 Å². The molecule has 2 rings (SSSR count). The van der Waals surface area contributed by atoms with E-state index in [9.17, 15) is 0 Å². The minimum atomic E-state index is 0.208. The summed E-state index contributed by atoms with van der Waals surface area (Å²) in [5, 5.41) is 0. The molecule has 2 heteroatoms. The average Bonchev–Trinajstić information content (AvgIpc) is 2.47. The summed E-state index contributed by atoms with van der Waals surface area (Å²) >= 11 is 3.79. The van der Waals surface area contributed by atoms with Crippen LogP contribution in [0.4, 0.5) is 0 Å². The predicted octanol–water partition coefficient (Wildman–Crippen LogP) is 6.08. The molecule has 1 nitrogen and oxygen atoms in total. The van der Waals surface area contributed by atoms with Gasteiger partial charge in [-0.3, -0.25) is 0 Å². The molecule has 0 aromatic heterocycles. The largest absolute Gasteiger partial charge is 0.491 e. The molecule has 112 valence electrons. The van der Waals surface area contributed by atoms with Gasteiger partial charge in [0.15, 0.2) is 0 Å². The number of hydrogen-bond acceptors (Lipinski definition) is 1. The van der Waals surface area contributed by atoms with E-state index in [2.05, 4.69) is 66.2 Å². The van der Waals surface area contributed by atoms with E-state index < -0.39 is 0 Å². The summed E-state index contributed by atoms with van der Waals surface area (Å²) in [5.41, 5.74) is 3.89. The maximum atomic E-state index is 5.68. The van der Waals surface area contributed by atoms with Gasteiger partial charge in [0.25, 0.3) is 0 Å². The quantitative estimate of drug-likeness (QED) is 0.596. The van der Waals surface area contributed by atoms with Crippen molar-refractivity contribution in [1.29, 1.82) is 0 Å². The van der Waals surface area contributed by atoms with Crippen LogP contribution in [0, 0.1) is 0 Å². The van der Waals surface area contributed by atoms with Gasteiger partial charge in [0.1, 0.15) is 5.75 Å². The van der Waals surface area contributed by atoms with E-state index >= 15 is 0 Å². The van der Waals surface area contributed by atoms with Crippen LogP contribution in [-0.4, -0.2) is 6.10 Å². The normalized spacial score (nSPS) is 12.7. The lowest BCUT2D eigenvalue weighted by Crippen LogP contribution is -2.05. The lowest BCUT2D eigenvalue weighted by Gasteiger charge is -2.14. The summed E-state index contributed by atoms with van der Waals surface area (Å²) in [4.78, 5) is 0.215. The molecule has 0 aliphatic rings. The molecule has 0 saturated heterocycles. The number of alkyl halides is 1. The molecule has 0 aliphatic heterocycles. The van der Waals surface area contributed by atoms with E-state index in [1.807, 2.05) is 26.0 Å². The summed E-state index contributed by atoms with van der Waals surface area (Å²) < 4.78 is 5.68. The molecule has 21 heavy (non-hydrogen) atoms. The molecule has 0 spiro atoms. The van der Waals surface area contributed by atoms with Crippen molar-refractivity contribution in [1.82, 2.24) is 0 Å². The van der Waals surface area contributed by atoms with Crippen LogP contribution in [0.5, 0.6) is 5.75 Å². The van der Waals surface area contributed by atoms with Gasteiger partial charge in [-0.15, -0.1) is 0 Å². The van der Waals surface area contributed by atoms with E-state index in [0.717, 1.165) is 5.75 Å². The van der Waals surface area contributed by atoms with E-state index in [1.165, 1.54) is 16.7 Å². The van der Waals surface area contributed by atoms with Crippen LogP contribution in [0.15, 0.2) is 48.5 Å². The third-order valence-electron chi connectivity index (χ3n) is 3.44. The molecule has 0 aliphatic carbocycles. The Morgan fingerprint density at radius 2 is 1.14 bits per heavy atom. The third kappa shape index (κ3) is 4.34. The number of ether oxygens (including phenoxy) is 1. The molecule has 0 fully saturated rings. The minimum absolute atomic E-state index is 0.208. The van der Waals surface area contributed by atoms with Gasteiger partial charge < -0.3 is 4.74 Å². The van der Waals surface area contributed by atoms with Crippen molar-refractivity contribution >= 4 is 15.9 Å². The van der Waals surface area contributed by atoms with Crippen LogP contribution < -0.4 is 4.74 Å². The van der Waals surface area contributed by atoms with Gasteiger partial charge in [-0.25, -0.2) is 0 Å². The Bertz CT molecular complexity index is 555. The Morgan fingerprint density at radius 3 is 1.57 bits per heavy atom. The number of benzene rings is 2. The Kier molecular flexibility index (Phi) is 5.46. The fraction of sp³-hybridized carbons (Fsp3) is 0.368. The average molecular weight is 347 g/mol. The summed E-state index contributed by atoms with van der Waals surface area (Å²) in [7, 11) is 0. The minimum Gasteiger partial charge on any atom is -0.491 e. The second-order valence-corrected chi connectivity index (χ2v) is 6.84. The van der Waals surface area contributed by atoms with Gasteiger partial charge in [0.05, 0.1) is 10.9 Å². The summed E-state index contributed by atoms with van der Waals surface area (Å²) in [6.45, 7) is 8.51. The fourth-order valence-electron chi connectivity index (χ4n) is 2.23. The van der Waals surface area contributed by atoms with Crippen molar-refractivity contribution in [3.63, 3.8) is 0 Å². The summed E-state index contributed by atoms with van der Waals surface area (Å²) in [6, 6.07) is 17.1. The first kappa shape index (κ1) is 16.1. The monoisotopic (exact) mass is 346 g/mol. The lowest BCUT2D eigenvalue weighted by atomic mass is 9.99. The molecule has 0 bridgehead atoms. The van der Waals surface area contributed by atoms with Crippen molar-refractivity contribution in [2.75, 3.05) is 0 Å². The summed E-state index contributed by atoms with van der Waals surface area (Å²) in [5.74, 6) is 1.49. The van der Waals surface area contributed by atoms with Gasteiger partial charge in [0.2, 0.25) is 0 Å².